The summed E-state index contributed by atoms with van der Waals surface area (Å²) >= 11 is 0. The molecule has 2 amide bonds. The lowest BCUT2D eigenvalue weighted by Crippen LogP contribution is -2.50. The first kappa shape index (κ1) is 20.5. The fraction of sp³-hybridized carbons (Fsp3) is 0.280. The van der Waals surface area contributed by atoms with E-state index < -0.39 is 17.6 Å². The van der Waals surface area contributed by atoms with Crippen molar-refractivity contribution in [3.05, 3.63) is 82.4 Å². The van der Waals surface area contributed by atoms with Crippen LogP contribution in [0.3, 0.4) is 0 Å². The molecule has 164 valence electrons. The predicted octanol–water partition coefficient (Wildman–Crippen LogP) is 4.56. The third-order valence-electron chi connectivity index (χ3n) is 6.42. The molecule has 3 aromatic carbocycles. The smallest absolute Gasteiger partial charge is 0.335 e. The van der Waals surface area contributed by atoms with Gasteiger partial charge in [-0.1, -0.05) is 36.4 Å². The van der Waals surface area contributed by atoms with Gasteiger partial charge in [-0.2, -0.15) is 13.2 Å². The molecule has 0 saturated carbocycles. The Morgan fingerprint density at radius 2 is 1.28 bits per heavy atom. The van der Waals surface area contributed by atoms with Crippen LogP contribution in [-0.4, -0.2) is 47.8 Å². The van der Waals surface area contributed by atoms with Crippen LogP contribution in [0.5, 0.6) is 0 Å². The Hall–Kier alpha value is -3.35. The monoisotopic (exact) mass is 438 g/mol. The van der Waals surface area contributed by atoms with Gasteiger partial charge >= 0.3 is 6.18 Å². The fourth-order valence-corrected chi connectivity index (χ4v) is 4.80. The van der Waals surface area contributed by atoms with Gasteiger partial charge in [0.1, 0.15) is 0 Å². The summed E-state index contributed by atoms with van der Waals surface area (Å²) in [5.41, 5.74) is 1.86. The van der Waals surface area contributed by atoms with Gasteiger partial charge in [-0.05, 0) is 52.9 Å². The van der Waals surface area contributed by atoms with Crippen LogP contribution in [0.1, 0.15) is 37.4 Å². The molecule has 4 nitrogen and oxygen atoms in total. The Morgan fingerprint density at radius 3 is 1.94 bits per heavy atom. The number of amides is 2. The maximum Gasteiger partial charge on any atom is 0.417 e. The molecule has 0 unspecified atom stereocenters. The number of aryl methyl sites for hydroxylation is 2. The minimum absolute atomic E-state index is 0.108. The molecule has 0 bridgehead atoms. The van der Waals surface area contributed by atoms with Crippen molar-refractivity contribution in [2.45, 2.75) is 19.0 Å². The van der Waals surface area contributed by atoms with Crippen LogP contribution in [0.15, 0.2) is 54.6 Å². The normalized spacial score (nSPS) is 16.0. The quantitative estimate of drug-likeness (QED) is 0.589. The van der Waals surface area contributed by atoms with E-state index in [0.29, 0.717) is 5.56 Å². The summed E-state index contributed by atoms with van der Waals surface area (Å²) in [6, 6.07) is 14.7. The molecule has 0 aromatic heterocycles. The highest BCUT2D eigenvalue weighted by Gasteiger charge is 2.36. The Balaban J connectivity index is 1.34. The van der Waals surface area contributed by atoms with E-state index in [1.807, 2.05) is 24.3 Å². The number of carbonyl (C=O) groups excluding carboxylic acids is 2. The molecule has 1 heterocycles. The van der Waals surface area contributed by atoms with Gasteiger partial charge < -0.3 is 9.80 Å². The number of hydrogen-bond acceptors (Lipinski definition) is 2. The van der Waals surface area contributed by atoms with Crippen LogP contribution >= 0.6 is 0 Å². The molecule has 3 aromatic rings. The molecule has 2 aliphatic rings. The summed E-state index contributed by atoms with van der Waals surface area (Å²) in [7, 11) is 0. The van der Waals surface area contributed by atoms with E-state index in [1.54, 1.807) is 4.90 Å². The Labute approximate surface area is 183 Å². The van der Waals surface area contributed by atoms with Crippen LogP contribution in [0.25, 0.3) is 10.8 Å². The summed E-state index contributed by atoms with van der Waals surface area (Å²) in [6.07, 6.45) is -2.64. The second kappa shape index (κ2) is 7.65. The largest absolute Gasteiger partial charge is 0.417 e. The Kier molecular flexibility index (Phi) is 4.92. The highest BCUT2D eigenvalue weighted by Crippen LogP contribution is 2.34. The van der Waals surface area contributed by atoms with Gasteiger partial charge in [-0.3, -0.25) is 9.59 Å². The average molecular weight is 438 g/mol. The maximum atomic E-state index is 13.3. The lowest BCUT2D eigenvalue weighted by atomic mass is 9.99. The highest BCUT2D eigenvalue weighted by atomic mass is 19.4. The molecule has 1 aliphatic carbocycles. The van der Waals surface area contributed by atoms with E-state index in [9.17, 15) is 22.8 Å². The molecule has 32 heavy (non-hydrogen) atoms. The summed E-state index contributed by atoms with van der Waals surface area (Å²) in [6.45, 7) is 0.944. The first-order valence-electron chi connectivity index (χ1n) is 10.6. The maximum absolute atomic E-state index is 13.3. The Bertz CT molecular complexity index is 1220. The number of rotatable bonds is 2. The highest BCUT2D eigenvalue weighted by molar-refractivity contribution is 6.09. The minimum Gasteiger partial charge on any atom is -0.335 e. The second-order valence-electron chi connectivity index (χ2n) is 8.24. The van der Waals surface area contributed by atoms with E-state index >= 15 is 0 Å². The molecule has 7 heteroatoms. The van der Waals surface area contributed by atoms with Gasteiger partial charge in [0.05, 0.1) is 11.1 Å². The first-order chi connectivity index (χ1) is 15.3. The number of alkyl halides is 3. The number of halogens is 3. The van der Waals surface area contributed by atoms with Crippen molar-refractivity contribution in [3.8, 4) is 0 Å². The van der Waals surface area contributed by atoms with Gasteiger partial charge in [0, 0.05) is 31.7 Å². The standard InChI is InChI=1S/C25H21F3N2O2/c26-25(27,28)21-7-2-1-5-20(21)24(32)30-14-12-29(13-15-30)23(31)19-11-10-17-9-8-16-4-3-6-18(19)22(16)17/h1-7,10-11H,8-9,12-15H2. The van der Waals surface area contributed by atoms with Crippen molar-refractivity contribution in [1.82, 2.24) is 9.80 Å². The van der Waals surface area contributed by atoms with Crippen molar-refractivity contribution in [3.63, 3.8) is 0 Å². The molecule has 1 fully saturated rings. The van der Waals surface area contributed by atoms with Gasteiger partial charge in [-0.15, -0.1) is 0 Å². The van der Waals surface area contributed by atoms with Crippen LogP contribution in [0, 0.1) is 0 Å². The van der Waals surface area contributed by atoms with Crippen LogP contribution in [0.4, 0.5) is 13.2 Å². The van der Waals surface area contributed by atoms with Gasteiger partial charge in [0.25, 0.3) is 11.8 Å². The second-order valence-corrected chi connectivity index (χ2v) is 8.24. The zero-order chi connectivity index (χ0) is 22.5. The summed E-state index contributed by atoms with van der Waals surface area (Å²) in [5, 5.41) is 2.11. The Morgan fingerprint density at radius 1 is 0.688 bits per heavy atom. The SMILES string of the molecule is O=C(c1ccccc1C(F)(F)F)N1CCN(C(=O)c2ccc3c4c(cccc24)CC3)CC1. The van der Waals surface area contributed by atoms with Crippen LogP contribution in [-0.2, 0) is 19.0 Å². The van der Waals surface area contributed by atoms with E-state index in [-0.39, 0.29) is 37.6 Å². The van der Waals surface area contributed by atoms with E-state index in [1.165, 1.54) is 34.2 Å². The van der Waals surface area contributed by atoms with Crippen molar-refractivity contribution >= 4 is 22.6 Å². The topological polar surface area (TPSA) is 40.6 Å². The molecular formula is C25H21F3N2O2. The number of benzene rings is 3. The van der Waals surface area contributed by atoms with E-state index in [0.717, 1.165) is 29.7 Å². The summed E-state index contributed by atoms with van der Waals surface area (Å²) < 4.78 is 39.9. The molecule has 1 aliphatic heterocycles. The zero-order valence-electron chi connectivity index (χ0n) is 17.3. The number of hydrogen-bond donors (Lipinski definition) is 0. The third kappa shape index (κ3) is 3.42. The minimum atomic E-state index is -4.60. The van der Waals surface area contributed by atoms with Crippen LogP contribution in [0.2, 0.25) is 0 Å². The van der Waals surface area contributed by atoms with Gasteiger partial charge in [0.15, 0.2) is 0 Å². The molecular weight excluding hydrogens is 417 g/mol. The lowest BCUT2D eigenvalue weighted by molar-refractivity contribution is -0.138. The first-order valence-corrected chi connectivity index (χ1v) is 10.6. The third-order valence-corrected chi connectivity index (χ3v) is 6.42. The summed E-state index contributed by atoms with van der Waals surface area (Å²) in [4.78, 5) is 29.1. The van der Waals surface area contributed by atoms with Crippen LogP contribution < -0.4 is 0 Å². The number of piperazine rings is 1. The summed E-state index contributed by atoms with van der Waals surface area (Å²) in [5.74, 6) is -0.765. The van der Waals surface area contributed by atoms with E-state index in [4.69, 9.17) is 0 Å². The fourth-order valence-electron chi connectivity index (χ4n) is 4.80. The predicted molar refractivity (Wildman–Crippen MR) is 115 cm³/mol. The van der Waals surface area contributed by atoms with Crippen molar-refractivity contribution in [2.75, 3.05) is 26.2 Å². The van der Waals surface area contributed by atoms with Crippen molar-refractivity contribution in [2.24, 2.45) is 0 Å². The number of carbonyl (C=O) groups is 2. The van der Waals surface area contributed by atoms with Crippen molar-refractivity contribution in [1.29, 1.82) is 0 Å². The van der Waals surface area contributed by atoms with Crippen molar-refractivity contribution < 1.29 is 22.8 Å². The molecule has 5 rings (SSSR count). The zero-order valence-corrected chi connectivity index (χ0v) is 17.3. The average Bonchev–Trinajstić information content (AvgIpc) is 3.23. The molecule has 0 atom stereocenters. The molecule has 0 N–H and O–H groups in total. The molecule has 0 radical (unpaired) electrons. The van der Waals surface area contributed by atoms with Gasteiger partial charge in [-0.25, -0.2) is 0 Å². The van der Waals surface area contributed by atoms with Gasteiger partial charge in [0.2, 0.25) is 0 Å². The van der Waals surface area contributed by atoms with E-state index in [2.05, 4.69) is 6.07 Å². The number of nitrogens with zero attached hydrogens (tertiary/aromatic N) is 2. The molecule has 1 saturated heterocycles. The molecule has 0 spiro atoms. The lowest BCUT2D eigenvalue weighted by Gasteiger charge is -2.35.